The monoisotopic (exact) mass is 500 g/mol. The number of likely N-dealkylation sites (N-methyl/N-ethyl adjacent to an activating group) is 1. The van der Waals surface area contributed by atoms with Crippen molar-refractivity contribution < 1.29 is 14.6 Å². The number of aliphatic imine (C=N–C) groups is 1. The average Bonchev–Trinajstić information content (AvgIpc) is 3.35. The second kappa shape index (κ2) is 9.92. The Morgan fingerprint density at radius 2 is 2.06 bits per heavy atom. The molecule has 0 aliphatic carbocycles. The second-order valence-corrected chi connectivity index (χ2v) is 9.06. The van der Waals surface area contributed by atoms with Gasteiger partial charge >= 0.3 is 0 Å². The summed E-state index contributed by atoms with van der Waals surface area (Å²) >= 11 is 3.56. The van der Waals surface area contributed by atoms with Gasteiger partial charge in [-0.05, 0) is 53.7 Å². The number of amides is 1. The Morgan fingerprint density at radius 3 is 2.72 bits per heavy atom. The van der Waals surface area contributed by atoms with Gasteiger partial charge in [-0.1, -0.05) is 24.8 Å². The molecule has 0 bridgehead atoms. The van der Waals surface area contributed by atoms with Crippen molar-refractivity contribution in [1.82, 2.24) is 15.1 Å². The Bertz CT molecular complexity index is 973. The quantitative estimate of drug-likeness (QED) is 0.660. The molecular weight excluding hydrogens is 472 g/mol. The van der Waals surface area contributed by atoms with Crippen LogP contribution in [0.1, 0.15) is 31.2 Å². The first kappa shape index (κ1) is 22.6. The lowest BCUT2D eigenvalue weighted by Gasteiger charge is -2.34. The summed E-state index contributed by atoms with van der Waals surface area (Å²) in [5.41, 5.74) is 1.46. The fourth-order valence-corrected chi connectivity index (χ4v) is 4.62. The molecule has 8 heteroatoms. The molecule has 1 aromatic carbocycles. The Hall–Kier alpha value is -2.58. The number of carbonyl (C=O) groups excluding carboxylic acids is 1. The van der Waals surface area contributed by atoms with E-state index in [4.69, 9.17) is 9.73 Å². The molecule has 7 nitrogen and oxygen atoms in total. The molecule has 170 valence electrons. The Balaban J connectivity index is 1.55. The number of aromatic hydroxyl groups is 1. The molecule has 2 fully saturated rings. The highest BCUT2D eigenvalue weighted by molar-refractivity contribution is 9.11. The predicted octanol–water partition coefficient (Wildman–Crippen LogP) is 3.59. The summed E-state index contributed by atoms with van der Waals surface area (Å²) in [7, 11) is 1.94. The van der Waals surface area contributed by atoms with Crippen LogP contribution < -0.4 is 5.32 Å². The number of para-hydroxylation sites is 1. The zero-order chi connectivity index (χ0) is 22.7. The number of halogens is 1. The normalized spacial score (nSPS) is 24.9. The number of hydrogen-bond donors (Lipinski definition) is 2. The van der Waals surface area contributed by atoms with Crippen LogP contribution in [0.15, 0.2) is 58.3 Å². The van der Waals surface area contributed by atoms with E-state index in [0.717, 1.165) is 47.5 Å². The summed E-state index contributed by atoms with van der Waals surface area (Å²) < 4.78 is 6.36. The summed E-state index contributed by atoms with van der Waals surface area (Å²) in [5.74, 6) is 1.91. The largest absolute Gasteiger partial charge is 0.507 e. The number of carbonyl (C=O) groups is 1. The minimum atomic E-state index is -0.263. The molecule has 1 unspecified atom stereocenters. The van der Waals surface area contributed by atoms with E-state index in [0.29, 0.717) is 25.3 Å². The number of benzene rings is 1. The molecule has 4 rings (SSSR count). The van der Waals surface area contributed by atoms with Crippen LogP contribution in [0.25, 0.3) is 5.70 Å². The van der Waals surface area contributed by atoms with Gasteiger partial charge < -0.3 is 25.0 Å². The molecule has 0 radical (unpaired) electrons. The molecule has 2 saturated heterocycles. The highest BCUT2D eigenvalue weighted by atomic mass is 79.9. The summed E-state index contributed by atoms with van der Waals surface area (Å²) in [6.07, 6.45) is 6.82. The highest BCUT2D eigenvalue weighted by Crippen LogP contribution is 2.30. The first-order valence-electron chi connectivity index (χ1n) is 11.0. The second-order valence-electron chi connectivity index (χ2n) is 8.21. The molecular formula is C24H29BrN4O3. The molecule has 2 N–H and O–H groups in total. The van der Waals surface area contributed by atoms with Gasteiger partial charge in [-0.15, -0.1) is 0 Å². The van der Waals surface area contributed by atoms with E-state index in [1.54, 1.807) is 18.2 Å². The van der Waals surface area contributed by atoms with Crippen molar-refractivity contribution in [3.8, 4) is 5.75 Å². The van der Waals surface area contributed by atoms with Gasteiger partial charge in [-0.3, -0.25) is 9.79 Å². The maximum Gasteiger partial charge on any atom is 0.251 e. The summed E-state index contributed by atoms with van der Waals surface area (Å²) in [5, 5.41) is 13.7. The van der Waals surface area contributed by atoms with E-state index in [1.807, 2.05) is 35.1 Å². The first-order valence-corrected chi connectivity index (χ1v) is 11.8. The van der Waals surface area contributed by atoms with E-state index in [9.17, 15) is 9.90 Å². The van der Waals surface area contributed by atoms with Crippen molar-refractivity contribution in [2.45, 2.75) is 37.8 Å². The number of piperidine rings is 1. The number of amidine groups is 1. The number of ether oxygens (including phenoxy) is 1. The van der Waals surface area contributed by atoms with Crippen LogP contribution in [-0.4, -0.2) is 65.5 Å². The van der Waals surface area contributed by atoms with Crippen molar-refractivity contribution in [2.75, 3.05) is 26.7 Å². The molecule has 1 amide bonds. The Morgan fingerprint density at radius 1 is 1.31 bits per heavy atom. The third-order valence-corrected chi connectivity index (χ3v) is 6.80. The van der Waals surface area contributed by atoms with Gasteiger partial charge in [0.15, 0.2) is 0 Å². The van der Waals surface area contributed by atoms with Gasteiger partial charge in [0, 0.05) is 38.4 Å². The van der Waals surface area contributed by atoms with Crippen LogP contribution in [0.4, 0.5) is 0 Å². The smallest absolute Gasteiger partial charge is 0.251 e. The molecule has 3 aliphatic rings. The standard InChI is InChI=1S/C24H29BrN4O3/c1-3-18(25)23-27-19(17-7-4-5-8-20(17)30)15-22(28(23)2)26-16-10-12-29(13-11-16)24(31)21-9-6-14-32-21/h3-5,7-8,15-16,21,27,30H,1,6,9-14H2,2H3/b23-18+,26-22?. The van der Waals surface area contributed by atoms with Crippen molar-refractivity contribution in [1.29, 1.82) is 0 Å². The van der Waals surface area contributed by atoms with E-state index >= 15 is 0 Å². The molecule has 0 aromatic heterocycles. The van der Waals surface area contributed by atoms with Gasteiger partial charge in [0.25, 0.3) is 5.91 Å². The molecule has 3 aliphatic heterocycles. The lowest BCUT2D eigenvalue weighted by Crippen LogP contribution is -2.45. The predicted molar refractivity (Wildman–Crippen MR) is 129 cm³/mol. The van der Waals surface area contributed by atoms with Crippen molar-refractivity contribution in [3.05, 3.63) is 58.9 Å². The SMILES string of the molecule is C=C/C(Br)=C1/NC(c2ccccc2O)=CC(=NC2CCN(C(=O)C3CCCO3)CC2)N1C. The third-order valence-electron chi connectivity index (χ3n) is 6.10. The number of likely N-dealkylation sites (tertiary alicyclic amines) is 1. The number of hydrogen-bond acceptors (Lipinski definition) is 5. The number of nitrogens with one attached hydrogen (secondary N) is 1. The van der Waals surface area contributed by atoms with Crippen LogP contribution in [0.2, 0.25) is 0 Å². The summed E-state index contributed by atoms with van der Waals surface area (Å²) in [6, 6.07) is 7.33. The molecule has 32 heavy (non-hydrogen) atoms. The third kappa shape index (κ3) is 4.76. The molecule has 0 spiro atoms. The Labute approximate surface area is 197 Å². The summed E-state index contributed by atoms with van der Waals surface area (Å²) in [4.78, 5) is 21.5. The van der Waals surface area contributed by atoms with Crippen LogP contribution >= 0.6 is 15.9 Å². The van der Waals surface area contributed by atoms with Gasteiger partial charge in [-0.25, -0.2) is 0 Å². The molecule has 3 heterocycles. The maximum atomic E-state index is 12.6. The average molecular weight is 501 g/mol. The van der Waals surface area contributed by atoms with Crippen LogP contribution in [0, 0.1) is 0 Å². The minimum absolute atomic E-state index is 0.115. The molecule has 1 aromatic rings. The fraction of sp³-hybridized carbons (Fsp3) is 0.417. The van der Waals surface area contributed by atoms with Crippen molar-refractivity contribution in [3.63, 3.8) is 0 Å². The van der Waals surface area contributed by atoms with Gasteiger partial charge in [-0.2, -0.15) is 0 Å². The van der Waals surface area contributed by atoms with Crippen LogP contribution in [0.3, 0.4) is 0 Å². The highest BCUT2D eigenvalue weighted by Gasteiger charge is 2.31. The molecule has 1 atom stereocenters. The minimum Gasteiger partial charge on any atom is -0.507 e. The number of allylic oxidation sites excluding steroid dienone is 2. The number of phenolic OH excluding ortho intramolecular Hbond substituents is 1. The lowest BCUT2D eigenvalue weighted by atomic mass is 10.0. The van der Waals surface area contributed by atoms with E-state index in [1.165, 1.54) is 0 Å². The summed E-state index contributed by atoms with van der Waals surface area (Å²) in [6.45, 7) is 5.92. The Kier molecular flexibility index (Phi) is 7.01. The topological polar surface area (TPSA) is 77.4 Å². The number of phenols is 1. The van der Waals surface area contributed by atoms with Crippen molar-refractivity contribution in [2.24, 2.45) is 4.99 Å². The fourth-order valence-electron chi connectivity index (χ4n) is 4.25. The lowest BCUT2D eigenvalue weighted by molar-refractivity contribution is -0.141. The number of nitrogens with zero attached hydrogens (tertiary/aromatic N) is 3. The van der Waals surface area contributed by atoms with E-state index < -0.39 is 0 Å². The van der Waals surface area contributed by atoms with Gasteiger partial charge in [0.2, 0.25) is 0 Å². The number of rotatable bonds is 4. The van der Waals surface area contributed by atoms with Crippen LogP contribution in [-0.2, 0) is 9.53 Å². The molecule has 0 saturated carbocycles. The first-order chi connectivity index (χ1) is 15.5. The van der Waals surface area contributed by atoms with E-state index in [-0.39, 0.29) is 23.8 Å². The zero-order valence-corrected chi connectivity index (χ0v) is 19.8. The maximum absolute atomic E-state index is 12.6. The van der Waals surface area contributed by atoms with Gasteiger partial charge in [0.05, 0.1) is 16.2 Å². The van der Waals surface area contributed by atoms with Crippen molar-refractivity contribution >= 4 is 33.4 Å². The zero-order valence-electron chi connectivity index (χ0n) is 18.3. The van der Waals surface area contributed by atoms with Crippen LogP contribution in [0.5, 0.6) is 5.75 Å². The van der Waals surface area contributed by atoms with Gasteiger partial charge in [0.1, 0.15) is 23.5 Å². The van der Waals surface area contributed by atoms with E-state index in [2.05, 4.69) is 27.8 Å².